The second-order valence-electron chi connectivity index (χ2n) is 5.18. The van der Waals surface area contributed by atoms with Crippen LogP contribution in [0.5, 0.6) is 0 Å². The lowest BCUT2D eigenvalue weighted by molar-refractivity contribution is 0.0545. The molecule has 0 spiro atoms. The first kappa shape index (κ1) is 14.2. The summed E-state index contributed by atoms with van der Waals surface area (Å²) < 4.78 is 33.2. The molecule has 21 heavy (non-hydrogen) atoms. The highest BCUT2D eigenvalue weighted by Crippen LogP contribution is 2.28. The van der Waals surface area contributed by atoms with E-state index in [0.29, 0.717) is 12.2 Å². The minimum atomic E-state index is -0.830. The predicted octanol–water partition coefficient (Wildman–Crippen LogP) is 3.51. The minimum Gasteiger partial charge on any atom is -0.372 e. The molecule has 0 amide bonds. The van der Waals surface area contributed by atoms with E-state index < -0.39 is 11.6 Å². The summed E-state index contributed by atoms with van der Waals surface area (Å²) in [6.45, 7) is 2.21. The van der Waals surface area contributed by atoms with Gasteiger partial charge in [0.15, 0.2) is 11.6 Å². The molecule has 1 aliphatic heterocycles. The van der Waals surface area contributed by atoms with Crippen LogP contribution in [-0.2, 0) is 11.3 Å². The minimum absolute atomic E-state index is 0.190. The van der Waals surface area contributed by atoms with Crippen LogP contribution in [0.1, 0.15) is 12.0 Å². The van der Waals surface area contributed by atoms with E-state index in [4.69, 9.17) is 4.74 Å². The van der Waals surface area contributed by atoms with Gasteiger partial charge in [-0.05, 0) is 30.2 Å². The summed E-state index contributed by atoms with van der Waals surface area (Å²) in [5, 5.41) is 3.24. The van der Waals surface area contributed by atoms with E-state index in [9.17, 15) is 8.78 Å². The van der Waals surface area contributed by atoms with Gasteiger partial charge in [-0.2, -0.15) is 0 Å². The van der Waals surface area contributed by atoms with Crippen molar-refractivity contribution in [2.45, 2.75) is 19.1 Å². The van der Waals surface area contributed by atoms with E-state index in [1.54, 1.807) is 12.1 Å². The molecule has 110 valence electrons. The number of ether oxygens (including phenoxy) is 1. The quantitative estimate of drug-likeness (QED) is 0.930. The van der Waals surface area contributed by atoms with Crippen LogP contribution in [0.25, 0.3) is 11.1 Å². The van der Waals surface area contributed by atoms with Crippen LogP contribution < -0.4 is 5.32 Å². The predicted molar refractivity (Wildman–Crippen MR) is 77.9 cm³/mol. The zero-order chi connectivity index (χ0) is 14.7. The van der Waals surface area contributed by atoms with Crippen molar-refractivity contribution in [3.63, 3.8) is 0 Å². The summed E-state index contributed by atoms with van der Waals surface area (Å²) in [6.07, 6.45) is 1.17. The highest BCUT2D eigenvalue weighted by molar-refractivity contribution is 5.67. The van der Waals surface area contributed by atoms with Crippen LogP contribution in [0.4, 0.5) is 8.78 Å². The number of hydrogen-bond acceptors (Lipinski definition) is 2. The molecule has 2 nitrogen and oxygen atoms in total. The lowest BCUT2D eigenvalue weighted by Gasteiger charge is -2.14. The maximum Gasteiger partial charge on any atom is 0.166 e. The molecule has 2 aromatic carbocycles. The lowest BCUT2D eigenvalue weighted by atomic mass is 9.99. The number of benzene rings is 2. The second-order valence-corrected chi connectivity index (χ2v) is 5.18. The molecule has 0 unspecified atom stereocenters. The number of nitrogens with one attached hydrogen (secondary N) is 1. The normalized spacial score (nSPS) is 18.1. The van der Waals surface area contributed by atoms with E-state index in [-0.39, 0.29) is 11.7 Å². The Labute approximate surface area is 122 Å². The first-order valence-corrected chi connectivity index (χ1v) is 7.10. The molecule has 0 aromatic heterocycles. The molecule has 1 fully saturated rings. The lowest BCUT2D eigenvalue weighted by Crippen LogP contribution is -2.16. The maximum absolute atomic E-state index is 14.0. The van der Waals surface area contributed by atoms with Gasteiger partial charge < -0.3 is 10.1 Å². The summed E-state index contributed by atoms with van der Waals surface area (Å²) in [5.41, 5.74) is 1.83. The molecule has 1 aliphatic rings. The van der Waals surface area contributed by atoms with Gasteiger partial charge in [-0.25, -0.2) is 8.78 Å². The average molecular weight is 289 g/mol. The fraction of sp³-hybridized carbons (Fsp3) is 0.294. The fourth-order valence-corrected chi connectivity index (χ4v) is 2.60. The zero-order valence-corrected chi connectivity index (χ0v) is 11.6. The summed E-state index contributed by atoms with van der Waals surface area (Å²) in [5.74, 6) is -1.64. The van der Waals surface area contributed by atoms with E-state index >= 15 is 0 Å². The van der Waals surface area contributed by atoms with Gasteiger partial charge in [-0.15, -0.1) is 0 Å². The Morgan fingerprint density at radius 3 is 2.67 bits per heavy atom. The zero-order valence-electron chi connectivity index (χ0n) is 11.6. The van der Waals surface area contributed by atoms with Crippen LogP contribution in [-0.4, -0.2) is 19.2 Å². The van der Waals surface area contributed by atoms with E-state index in [1.807, 2.05) is 18.2 Å². The standard InChI is InChI=1S/C17H17F2NO/c18-16-7-3-6-15(17(16)19)14-5-2-1-4-12(14)11-21-13-8-9-20-10-13/h1-7,13,20H,8-11H2/t13-/m1/s1. The Hall–Kier alpha value is -1.78. The molecule has 0 bridgehead atoms. The highest BCUT2D eigenvalue weighted by Gasteiger charge is 2.17. The van der Waals surface area contributed by atoms with Crippen molar-refractivity contribution in [2.75, 3.05) is 13.1 Å². The molecular weight excluding hydrogens is 272 g/mol. The van der Waals surface area contributed by atoms with E-state index in [2.05, 4.69) is 5.32 Å². The van der Waals surface area contributed by atoms with Crippen molar-refractivity contribution in [2.24, 2.45) is 0 Å². The molecule has 1 saturated heterocycles. The van der Waals surface area contributed by atoms with Crippen molar-refractivity contribution in [3.05, 3.63) is 59.7 Å². The summed E-state index contributed by atoms with van der Waals surface area (Å²) in [4.78, 5) is 0. The van der Waals surface area contributed by atoms with Crippen molar-refractivity contribution in [1.29, 1.82) is 0 Å². The molecule has 0 aliphatic carbocycles. The van der Waals surface area contributed by atoms with Crippen molar-refractivity contribution >= 4 is 0 Å². The topological polar surface area (TPSA) is 21.3 Å². The molecule has 1 heterocycles. The Bertz CT molecular complexity index is 624. The molecule has 1 N–H and O–H groups in total. The maximum atomic E-state index is 14.0. The number of hydrogen-bond donors (Lipinski definition) is 1. The van der Waals surface area contributed by atoms with Gasteiger partial charge >= 0.3 is 0 Å². The van der Waals surface area contributed by atoms with Gasteiger partial charge in [0.05, 0.1) is 12.7 Å². The first-order valence-electron chi connectivity index (χ1n) is 7.10. The molecule has 2 aromatic rings. The van der Waals surface area contributed by atoms with Crippen LogP contribution in [0, 0.1) is 11.6 Å². The smallest absolute Gasteiger partial charge is 0.166 e. The van der Waals surface area contributed by atoms with Crippen LogP contribution in [0.2, 0.25) is 0 Å². The Morgan fingerprint density at radius 1 is 1.05 bits per heavy atom. The molecule has 1 atom stereocenters. The van der Waals surface area contributed by atoms with Crippen LogP contribution >= 0.6 is 0 Å². The fourth-order valence-electron chi connectivity index (χ4n) is 2.60. The van der Waals surface area contributed by atoms with Crippen LogP contribution in [0.15, 0.2) is 42.5 Å². The third-order valence-corrected chi connectivity index (χ3v) is 3.75. The third kappa shape index (κ3) is 3.12. The van der Waals surface area contributed by atoms with Gasteiger partial charge in [0.2, 0.25) is 0 Å². The summed E-state index contributed by atoms with van der Waals surface area (Å²) in [7, 11) is 0. The van der Waals surface area contributed by atoms with Crippen LogP contribution in [0.3, 0.4) is 0 Å². The van der Waals surface area contributed by atoms with Crippen molar-refractivity contribution < 1.29 is 13.5 Å². The number of rotatable bonds is 4. The first-order chi connectivity index (χ1) is 10.3. The van der Waals surface area contributed by atoms with E-state index in [1.165, 1.54) is 6.07 Å². The van der Waals surface area contributed by atoms with Crippen molar-refractivity contribution in [3.8, 4) is 11.1 Å². The largest absolute Gasteiger partial charge is 0.372 e. The van der Waals surface area contributed by atoms with Crippen molar-refractivity contribution in [1.82, 2.24) is 5.32 Å². The molecular formula is C17H17F2NO. The molecule has 3 rings (SSSR count). The molecule has 0 radical (unpaired) electrons. The average Bonchev–Trinajstić information content (AvgIpc) is 3.02. The highest BCUT2D eigenvalue weighted by atomic mass is 19.2. The second kappa shape index (κ2) is 6.33. The Morgan fingerprint density at radius 2 is 1.86 bits per heavy atom. The van der Waals surface area contributed by atoms with Gasteiger partial charge in [0.25, 0.3) is 0 Å². The molecule has 0 saturated carbocycles. The van der Waals surface area contributed by atoms with Gasteiger partial charge in [0.1, 0.15) is 0 Å². The SMILES string of the molecule is Fc1cccc(-c2ccccc2CO[C@@H]2CCNC2)c1F. The Balaban J connectivity index is 1.86. The Kier molecular flexibility index (Phi) is 4.27. The van der Waals surface area contributed by atoms with Gasteiger partial charge in [-0.3, -0.25) is 0 Å². The summed E-state index contributed by atoms with van der Waals surface area (Å²) in [6, 6.07) is 11.6. The van der Waals surface area contributed by atoms with Gasteiger partial charge in [0, 0.05) is 12.1 Å². The number of halogens is 2. The van der Waals surface area contributed by atoms with Gasteiger partial charge in [-0.1, -0.05) is 36.4 Å². The third-order valence-electron chi connectivity index (χ3n) is 3.75. The van der Waals surface area contributed by atoms with E-state index in [0.717, 1.165) is 31.1 Å². The molecule has 4 heteroatoms. The summed E-state index contributed by atoms with van der Waals surface area (Å²) >= 11 is 0. The monoisotopic (exact) mass is 289 g/mol.